The van der Waals surface area contributed by atoms with Gasteiger partial charge in [0, 0.05) is 34.5 Å². The predicted molar refractivity (Wildman–Crippen MR) is 93.1 cm³/mol. The highest BCUT2D eigenvalue weighted by atomic mass is 14.8. The van der Waals surface area contributed by atoms with Gasteiger partial charge in [-0.05, 0) is 41.4 Å². The van der Waals surface area contributed by atoms with Gasteiger partial charge >= 0.3 is 0 Å². The third-order valence-electron chi connectivity index (χ3n) is 6.76. The van der Waals surface area contributed by atoms with Crippen LogP contribution in [0, 0.1) is 11.3 Å². The minimum Gasteiger partial charge on any atom is -0.361 e. The molecule has 2 nitrogen and oxygen atoms in total. The molecule has 1 aromatic carbocycles. The Hall–Kier alpha value is -1.54. The van der Waals surface area contributed by atoms with E-state index in [1.54, 1.807) is 0 Å². The molecule has 1 fully saturated rings. The third-order valence-corrected chi connectivity index (χ3v) is 6.76. The van der Waals surface area contributed by atoms with E-state index in [0.717, 1.165) is 6.42 Å². The van der Waals surface area contributed by atoms with E-state index in [4.69, 9.17) is 5.73 Å². The highest BCUT2D eigenvalue weighted by molar-refractivity contribution is 5.89. The molecule has 0 saturated heterocycles. The van der Waals surface area contributed by atoms with Crippen LogP contribution in [-0.2, 0) is 5.41 Å². The van der Waals surface area contributed by atoms with Crippen molar-refractivity contribution in [1.82, 2.24) is 4.98 Å². The van der Waals surface area contributed by atoms with Crippen LogP contribution in [0.5, 0.6) is 0 Å². The molecule has 0 aliphatic heterocycles. The van der Waals surface area contributed by atoms with Crippen LogP contribution in [0.3, 0.4) is 0 Å². The molecule has 4 rings (SSSR count). The van der Waals surface area contributed by atoms with Gasteiger partial charge in [0.05, 0.1) is 0 Å². The number of nitrogens with two attached hydrogens (primary N) is 1. The average Bonchev–Trinajstić information content (AvgIpc) is 2.92. The van der Waals surface area contributed by atoms with E-state index in [2.05, 4.69) is 62.8 Å². The van der Waals surface area contributed by atoms with Gasteiger partial charge in [-0.25, -0.2) is 0 Å². The maximum Gasteiger partial charge on any atom is 0.0459 e. The standard InChI is InChI=1S/C20H26N2/c1-5-20(4)10-9-14-17(18(20)21)12-11-22-15-8-6-7-13(16(12)15)19(14,2)3/h5-8,11,14,17-18,22H,1,9-10,21H2,2-4H3/t14-,17+,18+,20-/m0/s1. The number of rotatable bonds is 1. The fourth-order valence-electron chi connectivity index (χ4n) is 5.14. The van der Waals surface area contributed by atoms with Crippen molar-refractivity contribution in [3.63, 3.8) is 0 Å². The average molecular weight is 294 g/mol. The Morgan fingerprint density at radius 2 is 2.09 bits per heavy atom. The summed E-state index contributed by atoms with van der Waals surface area (Å²) < 4.78 is 0. The number of H-pyrrole nitrogens is 1. The minimum atomic E-state index is 0.0348. The van der Waals surface area contributed by atoms with Crippen molar-refractivity contribution in [2.75, 3.05) is 0 Å². The van der Waals surface area contributed by atoms with Gasteiger partial charge in [-0.1, -0.05) is 39.0 Å². The summed E-state index contributed by atoms with van der Waals surface area (Å²) in [4.78, 5) is 3.48. The van der Waals surface area contributed by atoms with Crippen LogP contribution in [0.4, 0.5) is 0 Å². The monoisotopic (exact) mass is 294 g/mol. The first kappa shape index (κ1) is 14.1. The molecular weight excluding hydrogens is 268 g/mol. The third kappa shape index (κ3) is 1.54. The molecule has 2 aromatic rings. The Kier molecular flexibility index (Phi) is 2.73. The number of aromatic nitrogens is 1. The molecule has 1 aromatic heterocycles. The van der Waals surface area contributed by atoms with Crippen LogP contribution in [0.15, 0.2) is 37.1 Å². The molecule has 0 bridgehead atoms. The highest BCUT2D eigenvalue weighted by Crippen LogP contribution is 2.58. The van der Waals surface area contributed by atoms with Gasteiger partial charge in [-0.2, -0.15) is 0 Å². The Labute approximate surface area is 132 Å². The van der Waals surface area contributed by atoms with E-state index in [9.17, 15) is 0 Å². The van der Waals surface area contributed by atoms with Gasteiger partial charge in [0.2, 0.25) is 0 Å². The topological polar surface area (TPSA) is 41.8 Å². The Morgan fingerprint density at radius 1 is 1.32 bits per heavy atom. The van der Waals surface area contributed by atoms with Crippen molar-refractivity contribution in [1.29, 1.82) is 0 Å². The molecule has 2 aliphatic carbocycles. The van der Waals surface area contributed by atoms with E-state index in [0.29, 0.717) is 11.8 Å². The van der Waals surface area contributed by atoms with Gasteiger partial charge < -0.3 is 10.7 Å². The van der Waals surface area contributed by atoms with Gasteiger partial charge in [0.25, 0.3) is 0 Å². The lowest BCUT2D eigenvalue weighted by Crippen LogP contribution is -2.54. The minimum absolute atomic E-state index is 0.0348. The van der Waals surface area contributed by atoms with Crippen LogP contribution < -0.4 is 5.73 Å². The van der Waals surface area contributed by atoms with E-state index >= 15 is 0 Å². The maximum absolute atomic E-state index is 6.81. The van der Waals surface area contributed by atoms with Crippen molar-refractivity contribution in [2.45, 2.75) is 51.0 Å². The van der Waals surface area contributed by atoms with Crippen molar-refractivity contribution >= 4 is 10.9 Å². The summed E-state index contributed by atoms with van der Waals surface area (Å²) >= 11 is 0. The second kappa shape index (κ2) is 4.26. The highest BCUT2D eigenvalue weighted by Gasteiger charge is 2.52. The number of benzene rings is 1. The summed E-state index contributed by atoms with van der Waals surface area (Å²) in [6.45, 7) is 11.2. The second-order valence-corrected chi connectivity index (χ2v) is 8.10. The number of fused-ring (bicyclic) bond motifs is 2. The van der Waals surface area contributed by atoms with E-state index in [-0.39, 0.29) is 16.9 Å². The number of hydrogen-bond acceptors (Lipinski definition) is 1. The van der Waals surface area contributed by atoms with Gasteiger partial charge in [0.1, 0.15) is 0 Å². The summed E-state index contributed by atoms with van der Waals surface area (Å²) in [5.74, 6) is 1.01. The maximum atomic E-state index is 6.81. The Balaban J connectivity index is 2.00. The molecule has 0 unspecified atom stereocenters. The molecular formula is C20H26N2. The lowest BCUT2D eigenvalue weighted by Gasteiger charge is -2.54. The Bertz CT molecular complexity index is 754. The van der Waals surface area contributed by atoms with E-state index in [1.807, 2.05) is 0 Å². The smallest absolute Gasteiger partial charge is 0.0459 e. The lowest BCUT2D eigenvalue weighted by atomic mass is 9.51. The second-order valence-electron chi connectivity index (χ2n) is 8.10. The van der Waals surface area contributed by atoms with Crippen LogP contribution in [0.1, 0.15) is 50.7 Å². The fraction of sp³-hybridized carbons (Fsp3) is 0.500. The van der Waals surface area contributed by atoms with E-state index in [1.165, 1.54) is 28.5 Å². The molecule has 116 valence electrons. The van der Waals surface area contributed by atoms with Crippen LogP contribution >= 0.6 is 0 Å². The summed E-state index contributed by atoms with van der Waals surface area (Å²) in [5.41, 5.74) is 11.2. The van der Waals surface area contributed by atoms with Gasteiger partial charge in [0.15, 0.2) is 0 Å². The molecule has 2 heteroatoms. The molecule has 0 amide bonds. The molecule has 22 heavy (non-hydrogen) atoms. The van der Waals surface area contributed by atoms with Crippen LogP contribution in [-0.4, -0.2) is 11.0 Å². The first-order valence-corrected chi connectivity index (χ1v) is 8.40. The van der Waals surface area contributed by atoms with Crippen molar-refractivity contribution in [3.05, 3.63) is 48.2 Å². The van der Waals surface area contributed by atoms with Crippen LogP contribution in [0.2, 0.25) is 0 Å². The zero-order valence-corrected chi connectivity index (χ0v) is 13.8. The zero-order valence-electron chi connectivity index (χ0n) is 13.8. The van der Waals surface area contributed by atoms with Gasteiger partial charge in [-0.15, -0.1) is 6.58 Å². The number of aromatic amines is 1. The molecule has 0 spiro atoms. The number of hydrogen-bond donors (Lipinski definition) is 2. The zero-order chi connectivity index (χ0) is 15.7. The SMILES string of the molecule is C=C[C@@]1(C)CC[C@H]2[C@@H](c3c[nH]c4cccc(c34)C2(C)C)[C@H]1N. The van der Waals surface area contributed by atoms with Crippen LogP contribution in [0.25, 0.3) is 10.9 Å². The molecule has 2 aliphatic rings. The molecule has 1 heterocycles. The molecule has 4 atom stereocenters. The van der Waals surface area contributed by atoms with Gasteiger partial charge in [-0.3, -0.25) is 0 Å². The lowest BCUT2D eigenvalue weighted by molar-refractivity contribution is 0.102. The van der Waals surface area contributed by atoms with Crippen molar-refractivity contribution in [2.24, 2.45) is 17.1 Å². The summed E-state index contributed by atoms with van der Waals surface area (Å²) in [6, 6.07) is 6.80. The fourth-order valence-corrected chi connectivity index (χ4v) is 5.14. The van der Waals surface area contributed by atoms with Crippen molar-refractivity contribution in [3.8, 4) is 0 Å². The van der Waals surface area contributed by atoms with Crippen molar-refractivity contribution < 1.29 is 0 Å². The molecule has 3 N–H and O–H groups in total. The first-order chi connectivity index (χ1) is 10.4. The van der Waals surface area contributed by atoms with E-state index < -0.39 is 0 Å². The largest absolute Gasteiger partial charge is 0.361 e. The molecule has 0 radical (unpaired) electrons. The predicted octanol–water partition coefficient (Wildman–Crippen LogP) is 4.47. The number of nitrogens with one attached hydrogen (secondary N) is 1. The summed E-state index contributed by atoms with van der Waals surface area (Å²) in [6.07, 6.45) is 6.65. The Morgan fingerprint density at radius 3 is 2.82 bits per heavy atom. The first-order valence-electron chi connectivity index (χ1n) is 8.40. The summed E-state index contributed by atoms with van der Waals surface area (Å²) in [7, 11) is 0. The normalized spacial score (nSPS) is 36.1. The molecule has 1 saturated carbocycles. The summed E-state index contributed by atoms with van der Waals surface area (Å²) in [5, 5.41) is 1.41. The quantitative estimate of drug-likeness (QED) is 0.748.